The molecule has 0 saturated heterocycles. The van der Waals surface area contributed by atoms with E-state index in [1.54, 1.807) is 12.3 Å². The van der Waals surface area contributed by atoms with E-state index in [9.17, 15) is 4.79 Å². The normalized spacial score (nSPS) is 10.7. The van der Waals surface area contributed by atoms with Gasteiger partial charge in [0.15, 0.2) is 0 Å². The van der Waals surface area contributed by atoms with E-state index < -0.39 is 5.91 Å². The molecule has 0 bridgehead atoms. The smallest absolute Gasteiger partial charge is 0.265 e. The lowest BCUT2D eigenvalue weighted by Crippen LogP contribution is -2.15. The zero-order chi connectivity index (χ0) is 12.5. The molecule has 0 unspecified atom stereocenters. The minimum absolute atomic E-state index is 0.440. The van der Waals surface area contributed by atoms with Gasteiger partial charge < -0.3 is 10.3 Å². The predicted molar refractivity (Wildman–Crippen MR) is 69.6 cm³/mol. The summed E-state index contributed by atoms with van der Waals surface area (Å²) < 4.78 is 1.82. The van der Waals surface area contributed by atoms with Crippen molar-refractivity contribution in [2.45, 2.75) is 0 Å². The number of carbonyl (C=O) groups is 1. The first-order chi connectivity index (χ1) is 8.77. The van der Waals surface area contributed by atoms with E-state index in [0.717, 1.165) is 16.7 Å². The Labute approximate surface area is 104 Å². The van der Waals surface area contributed by atoms with E-state index in [4.69, 9.17) is 5.73 Å². The van der Waals surface area contributed by atoms with Gasteiger partial charge in [0.2, 0.25) is 0 Å². The molecule has 2 aromatic heterocycles. The molecule has 4 nitrogen and oxygen atoms in total. The second kappa shape index (κ2) is 4.00. The van der Waals surface area contributed by atoms with Crippen LogP contribution in [-0.4, -0.2) is 15.5 Å². The van der Waals surface area contributed by atoms with Crippen LogP contribution in [0.1, 0.15) is 10.5 Å². The van der Waals surface area contributed by atoms with Crippen molar-refractivity contribution in [1.29, 1.82) is 0 Å². The zero-order valence-electron chi connectivity index (χ0n) is 9.58. The third-order valence-electron chi connectivity index (χ3n) is 2.84. The molecule has 4 heteroatoms. The van der Waals surface area contributed by atoms with Crippen LogP contribution in [-0.2, 0) is 0 Å². The minimum atomic E-state index is -0.461. The second-order valence-corrected chi connectivity index (χ2v) is 3.97. The molecule has 3 aromatic rings. The molecule has 1 aromatic carbocycles. The number of hydrogen-bond acceptors (Lipinski definition) is 2. The molecule has 1 amide bonds. The van der Waals surface area contributed by atoms with Crippen molar-refractivity contribution in [2.24, 2.45) is 5.73 Å². The van der Waals surface area contributed by atoms with E-state index in [2.05, 4.69) is 4.98 Å². The summed E-state index contributed by atoms with van der Waals surface area (Å²) in [6.07, 6.45) is 1.70. The summed E-state index contributed by atoms with van der Waals surface area (Å²) in [5, 5.41) is 0. The number of fused-ring (bicyclic) bond motifs is 1. The van der Waals surface area contributed by atoms with Gasteiger partial charge in [-0.2, -0.15) is 0 Å². The Balaban J connectivity index is 2.38. The fourth-order valence-electron chi connectivity index (χ4n) is 2.07. The van der Waals surface area contributed by atoms with Crippen LogP contribution in [0.2, 0.25) is 0 Å². The molecule has 18 heavy (non-hydrogen) atoms. The highest BCUT2D eigenvalue weighted by Gasteiger charge is 2.14. The van der Waals surface area contributed by atoms with Crippen molar-refractivity contribution in [2.75, 3.05) is 0 Å². The van der Waals surface area contributed by atoms with E-state index in [-0.39, 0.29) is 0 Å². The summed E-state index contributed by atoms with van der Waals surface area (Å²) in [6, 6.07) is 15.1. The first-order valence-electron chi connectivity index (χ1n) is 5.59. The third kappa shape index (κ3) is 1.55. The molecule has 0 spiro atoms. The molecular weight excluding hydrogens is 226 g/mol. The molecule has 0 fully saturated rings. The minimum Gasteiger partial charge on any atom is -0.364 e. The highest BCUT2D eigenvalue weighted by atomic mass is 16.1. The molecule has 2 heterocycles. The summed E-state index contributed by atoms with van der Waals surface area (Å²) >= 11 is 0. The average molecular weight is 237 g/mol. The molecule has 0 aliphatic carbocycles. The largest absolute Gasteiger partial charge is 0.364 e. The van der Waals surface area contributed by atoms with Gasteiger partial charge in [-0.25, -0.2) is 0 Å². The maximum atomic E-state index is 11.5. The van der Waals surface area contributed by atoms with Gasteiger partial charge in [-0.15, -0.1) is 0 Å². The lowest BCUT2D eigenvalue weighted by Gasteiger charge is -2.08. The summed E-state index contributed by atoms with van der Waals surface area (Å²) in [7, 11) is 0. The molecule has 2 N–H and O–H groups in total. The van der Waals surface area contributed by atoms with Crippen molar-refractivity contribution in [1.82, 2.24) is 9.55 Å². The first-order valence-corrected chi connectivity index (χ1v) is 5.59. The number of carbonyl (C=O) groups excluding carboxylic acids is 1. The summed E-state index contributed by atoms with van der Waals surface area (Å²) in [5.74, 6) is -0.461. The topological polar surface area (TPSA) is 60.9 Å². The van der Waals surface area contributed by atoms with Gasteiger partial charge in [0.05, 0.1) is 11.0 Å². The van der Waals surface area contributed by atoms with Crippen molar-refractivity contribution in [3.05, 3.63) is 60.4 Å². The Bertz CT molecular complexity index is 716. The van der Waals surface area contributed by atoms with Gasteiger partial charge in [0, 0.05) is 11.9 Å². The fraction of sp³-hybridized carbons (Fsp3) is 0. The number of rotatable bonds is 2. The highest BCUT2D eigenvalue weighted by Crippen LogP contribution is 2.22. The van der Waals surface area contributed by atoms with Gasteiger partial charge in [0.25, 0.3) is 5.91 Å². The van der Waals surface area contributed by atoms with E-state index >= 15 is 0 Å². The van der Waals surface area contributed by atoms with Crippen LogP contribution in [0, 0.1) is 0 Å². The standard InChI is InChI=1S/C14H11N3O/c15-14(18)13-9-11-12(7-4-8-16-11)17(13)10-5-2-1-3-6-10/h1-9H,(H2,15,18). The van der Waals surface area contributed by atoms with Crippen LogP contribution in [0.3, 0.4) is 0 Å². The van der Waals surface area contributed by atoms with Gasteiger partial charge in [-0.05, 0) is 30.3 Å². The van der Waals surface area contributed by atoms with Crippen molar-refractivity contribution in [3.8, 4) is 5.69 Å². The average Bonchev–Trinajstić information content (AvgIpc) is 2.79. The van der Waals surface area contributed by atoms with Gasteiger partial charge in [-0.3, -0.25) is 9.78 Å². The van der Waals surface area contributed by atoms with Crippen molar-refractivity contribution < 1.29 is 4.79 Å². The second-order valence-electron chi connectivity index (χ2n) is 3.97. The SMILES string of the molecule is NC(=O)c1cc2ncccc2n1-c1ccccc1. The summed E-state index contributed by atoms with van der Waals surface area (Å²) in [6.45, 7) is 0. The highest BCUT2D eigenvalue weighted by molar-refractivity contribution is 5.97. The molecule has 0 saturated carbocycles. The summed E-state index contributed by atoms with van der Waals surface area (Å²) in [5.41, 5.74) is 8.40. The van der Waals surface area contributed by atoms with Crippen LogP contribution in [0.5, 0.6) is 0 Å². The predicted octanol–water partition coefficient (Wildman–Crippen LogP) is 2.12. The van der Waals surface area contributed by atoms with Gasteiger partial charge >= 0.3 is 0 Å². The number of primary amides is 1. The van der Waals surface area contributed by atoms with Crippen LogP contribution in [0.4, 0.5) is 0 Å². The Hall–Kier alpha value is -2.62. The molecule has 3 rings (SSSR count). The lowest BCUT2D eigenvalue weighted by molar-refractivity contribution is 0.0994. The quantitative estimate of drug-likeness (QED) is 0.742. The lowest BCUT2D eigenvalue weighted by atomic mass is 10.3. The Morgan fingerprint density at radius 2 is 1.89 bits per heavy atom. The molecule has 0 aliphatic heterocycles. The number of amides is 1. The molecule has 88 valence electrons. The van der Waals surface area contributed by atoms with Crippen LogP contribution >= 0.6 is 0 Å². The molecule has 0 radical (unpaired) electrons. The Morgan fingerprint density at radius 1 is 1.11 bits per heavy atom. The van der Waals surface area contributed by atoms with Crippen LogP contribution in [0.25, 0.3) is 16.7 Å². The first kappa shape index (κ1) is 10.5. The monoisotopic (exact) mass is 237 g/mol. The number of nitrogens with two attached hydrogens (primary N) is 1. The maximum Gasteiger partial charge on any atom is 0.265 e. The van der Waals surface area contributed by atoms with E-state index in [0.29, 0.717) is 5.69 Å². The third-order valence-corrected chi connectivity index (χ3v) is 2.84. The van der Waals surface area contributed by atoms with Gasteiger partial charge in [-0.1, -0.05) is 18.2 Å². The summed E-state index contributed by atoms with van der Waals surface area (Å²) in [4.78, 5) is 15.8. The Kier molecular flexibility index (Phi) is 2.34. The zero-order valence-corrected chi connectivity index (χ0v) is 9.58. The van der Waals surface area contributed by atoms with Crippen LogP contribution < -0.4 is 5.73 Å². The molecule has 0 atom stereocenters. The number of para-hydroxylation sites is 1. The van der Waals surface area contributed by atoms with Crippen LogP contribution in [0.15, 0.2) is 54.7 Å². The molecular formula is C14H11N3O. The maximum absolute atomic E-state index is 11.5. The van der Waals surface area contributed by atoms with E-state index in [1.165, 1.54) is 0 Å². The number of aromatic nitrogens is 2. The number of pyridine rings is 1. The number of hydrogen-bond donors (Lipinski definition) is 1. The van der Waals surface area contributed by atoms with Crippen molar-refractivity contribution >= 4 is 16.9 Å². The van der Waals surface area contributed by atoms with Crippen molar-refractivity contribution in [3.63, 3.8) is 0 Å². The Morgan fingerprint density at radius 3 is 2.61 bits per heavy atom. The number of benzene rings is 1. The number of nitrogens with zero attached hydrogens (tertiary/aromatic N) is 2. The fourth-order valence-corrected chi connectivity index (χ4v) is 2.07. The van der Waals surface area contributed by atoms with Gasteiger partial charge in [0.1, 0.15) is 5.69 Å². The van der Waals surface area contributed by atoms with E-state index in [1.807, 2.05) is 47.0 Å². The molecule has 0 aliphatic rings.